The summed E-state index contributed by atoms with van der Waals surface area (Å²) in [5.74, 6) is -1.39. The van der Waals surface area contributed by atoms with Gasteiger partial charge in [0.15, 0.2) is 11.6 Å². The third kappa shape index (κ3) is 1.92. The molecule has 0 aliphatic carbocycles. The van der Waals surface area contributed by atoms with Gasteiger partial charge in [-0.3, -0.25) is 9.89 Å². The highest BCUT2D eigenvalue weighted by Crippen LogP contribution is 2.08. The third-order valence-corrected chi connectivity index (χ3v) is 1.79. The van der Waals surface area contributed by atoms with E-state index in [1.165, 1.54) is 18.4 Å². The van der Waals surface area contributed by atoms with Crippen molar-refractivity contribution in [3.05, 3.63) is 35.9 Å². The fraction of sp³-hybridized carbons (Fsp3) is 0. The Morgan fingerprint density at radius 3 is 2.88 bits per heavy atom. The number of carboxylic acids is 1. The molecule has 0 spiro atoms. The molecule has 2 rings (SSSR count). The zero-order valence-corrected chi connectivity index (χ0v) is 7.93. The van der Waals surface area contributed by atoms with Gasteiger partial charge in [0.1, 0.15) is 5.69 Å². The van der Waals surface area contributed by atoms with Crippen LogP contribution in [-0.4, -0.2) is 27.2 Å². The standard InChI is InChI=1S/C9H7N3O4/c13-8(6-2-1-3-16-6)10-7-4-5(9(14)15)11-12-7/h1-4H,(H,14,15)(H2,10,11,12,13). The van der Waals surface area contributed by atoms with Crippen molar-refractivity contribution in [3.8, 4) is 0 Å². The topological polar surface area (TPSA) is 108 Å². The summed E-state index contributed by atoms with van der Waals surface area (Å²) >= 11 is 0. The van der Waals surface area contributed by atoms with Crippen molar-refractivity contribution in [3.63, 3.8) is 0 Å². The fourth-order valence-corrected chi connectivity index (χ4v) is 1.08. The molecule has 0 unspecified atom stereocenters. The first-order chi connectivity index (χ1) is 7.66. The van der Waals surface area contributed by atoms with E-state index in [0.29, 0.717) is 0 Å². The molecule has 0 atom stereocenters. The van der Waals surface area contributed by atoms with E-state index in [9.17, 15) is 9.59 Å². The van der Waals surface area contributed by atoms with Crippen LogP contribution in [-0.2, 0) is 0 Å². The van der Waals surface area contributed by atoms with Crippen LogP contribution in [0.1, 0.15) is 21.0 Å². The molecule has 82 valence electrons. The summed E-state index contributed by atoms with van der Waals surface area (Å²) in [6.07, 6.45) is 1.36. The lowest BCUT2D eigenvalue weighted by Crippen LogP contribution is -2.10. The van der Waals surface area contributed by atoms with Crippen LogP contribution in [0.5, 0.6) is 0 Å². The number of nitrogens with one attached hydrogen (secondary N) is 2. The number of aromatic carboxylic acids is 1. The van der Waals surface area contributed by atoms with Crippen molar-refractivity contribution in [1.82, 2.24) is 10.2 Å². The summed E-state index contributed by atoms with van der Waals surface area (Å²) in [4.78, 5) is 22.0. The largest absolute Gasteiger partial charge is 0.477 e. The second kappa shape index (κ2) is 3.89. The molecule has 2 aromatic heterocycles. The highest BCUT2D eigenvalue weighted by Gasteiger charge is 2.12. The second-order valence-corrected chi connectivity index (χ2v) is 2.90. The minimum absolute atomic E-state index is 0.102. The highest BCUT2D eigenvalue weighted by molar-refractivity contribution is 6.02. The molecule has 0 radical (unpaired) electrons. The van der Waals surface area contributed by atoms with Gasteiger partial charge in [-0.1, -0.05) is 0 Å². The van der Waals surface area contributed by atoms with E-state index in [1.807, 2.05) is 0 Å². The van der Waals surface area contributed by atoms with E-state index in [1.54, 1.807) is 6.07 Å². The van der Waals surface area contributed by atoms with E-state index in [-0.39, 0.29) is 17.3 Å². The predicted molar refractivity (Wildman–Crippen MR) is 52.2 cm³/mol. The minimum Gasteiger partial charge on any atom is -0.477 e. The lowest BCUT2D eigenvalue weighted by molar-refractivity contribution is 0.0690. The zero-order valence-electron chi connectivity index (χ0n) is 7.93. The number of anilines is 1. The first-order valence-corrected chi connectivity index (χ1v) is 4.30. The number of aromatic nitrogens is 2. The van der Waals surface area contributed by atoms with Gasteiger partial charge >= 0.3 is 5.97 Å². The molecule has 0 aromatic carbocycles. The van der Waals surface area contributed by atoms with Gasteiger partial charge < -0.3 is 14.8 Å². The Kier molecular flexibility index (Phi) is 2.42. The number of H-pyrrole nitrogens is 1. The lowest BCUT2D eigenvalue weighted by atomic mass is 10.4. The van der Waals surface area contributed by atoms with Crippen LogP contribution in [0.25, 0.3) is 0 Å². The van der Waals surface area contributed by atoms with Crippen LogP contribution in [0.15, 0.2) is 28.9 Å². The maximum Gasteiger partial charge on any atom is 0.353 e. The predicted octanol–water partition coefficient (Wildman–Crippen LogP) is 0.953. The number of carbonyl (C=O) groups excluding carboxylic acids is 1. The first kappa shape index (κ1) is 9.97. The van der Waals surface area contributed by atoms with Crippen molar-refractivity contribution < 1.29 is 19.1 Å². The molecule has 2 aromatic rings. The van der Waals surface area contributed by atoms with Crippen LogP contribution in [0, 0.1) is 0 Å². The van der Waals surface area contributed by atoms with E-state index in [2.05, 4.69) is 15.5 Å². The smallest absolute Gasteiger partial charge is 0.353 e. The van der Waals surface area contributed by atoms with Crippen LogP contribution in [0.3, 0.4) is 0 Å². The molecule has 0 aliphatic rings. The third-order valence-electron chi connectivity index (χ3n) is 1.79. The Balaban J connectivity index is 2.09. The average Bonchev–Trinajstić information content (AvgIpc) is 2.87. The number of carboxylic acid groups (broad SMARTS) is 1. The second-order valence-electron chi connectivity index (χ2n) is 2.90. The normalized spacial score (nSPS) is 10.0. The molecule has 7 heteroatoms. The SMILES string of the molecule is O=C(O)c1cc(NC(=O)c2ccco2)n[nH]1. The Labute approximate surface area is 89.1 Å². The number of furan rings is 1. The van der Waals surface area contributed by atoms with Crippen LogP contribution >= 0.6 is 0 Å². The Morgan fingerprint density at radius 2 is 2.31 bits per heavy atom. The van der Waals surface area contributed by atoms with Crippen molar-refractivity contribution in [2.45, 2.75) is 0 Å². The molecule has 16 heavy (non-hydrogen) atoms. The van der Waals surface area contributed by atoms with Crippen molar-refractivity contribution in [1.29, 1.82) is 0 Å². The fourth-order valence-electron chi connectivity index (χ4n) is 1.08. The summed E-state index contributed by atoms with van der Waals surface area (Å²) in [5.41, 5.74) is -0.102. The van der Waals surface area contributed by atoms with Gasteiger partial charge in [0.05, 0.1) is 6.26 Å². The number of rotatable bonds is 3. The average molecular weight is 221 g/mol. The summed E-state index contributed by atoms with van der Waals surface area (Å²) < 4.78 is 4.86. The number of carbonyl (C=O) groups is 2. The first-order valence-electron chi connectivity index (χ1n) is 4.30. The van der Waals surface area contributed by atoms with E-state index < -0.39 is 11.9 Å². The van der Waals surface area contributed by atoms with Crippen molar-refractivity contribution >= 4 is 17.7 Å². The molecular formula is C9H7N3O4. The zero-order chi connectivity index (χ0) is 11.5. The number of hydrogen-bond donors (Lipinski definition) is 3. The molecule has 0 aliphatic heterocycles. The van der Waals surface area contributed by atoms with Gasteiger partial charge in [0.2, 0.25) is 0 Å². The Morgan fingerprint density at radius 1 is 1.50 bits per heavy atom. The molecule has 3 N–H and O–H groups in total. The number of aromatic amines is 1. The molecule has 2 heterocycles. The summed E-state index contributed by atoms with van der Waals surface area (Å²) in [6, 6.07) is 4.27. The van der Waals surface area contributed by atoms with Gasteiger partial charge in [-0.25, -0.2) is 4.79 Å². The molecule has 1 amide bonds. The molecule has 0 fully saturated rings. The monoisotopic (exact) mass is 221 g/mol. The minimum atomic E-state index is -1.15. The molecule has 0 bridgehead atoms. The van der Waals surface area contributed by atoms with E-state index in [4.69, 9.17) is 9.52 Å². The van der Waals surface area contributed by atoms with Gasteiger partial charge in [-0.05, 0) is 12.1 Å². The van der Waals surface area contributed by atoms with E-state index >= 15 is 0 Å². The summed E-state index contributed by atoms with van der Waals surface area (Å²) in [6.45, 7) is 0. The van der Waals surface area contributed by atoms with Crippen LogP contribution in [0.2, 0.25) is 0 Å². The van der Waals surface area contributed by atoms with Gasteiger partial charge in [0.25, 0.3) is 5.91 Å². The van der Waals surface area contributed by atoms with Gasteiger partial charge in [-0.2, -0.15) is 5.10 Å². The molecule has 0 saturated heterocycles. The molecule has 7 nitrogen and oxygen atoms in total. The Bertz CT molecular complexity index is 515. The summed E-state index contributed by atoms with van der Waals surface area (Å²) in [7, 11) is 0. The molecule has 0 saturated carbocycles. The number of amides is 1. The quantitative estimate of drug-likeness (QED) is 0.715. The lowest BCUT2D eigenvalue weighted by Gasteiger charge is -1.96. The van der Waals surface area contributed by atoms with Crippen molar-refractivity contribution in [2.75, 3.05) is 5.32 Å². The highest BCUT2D eigenvalue weighted by atomic mass is 16.4. The van der Waals surface area contributed by atoms with Gasteiger partial charge in [0, 0.05) is 6.07 Å². The number of hydrogen-bond acceptors (Lipinski definition) is 4. The maximum absolute atomic E-state index is 11.4. The van der Waals surface area contributed by atoms with Crippen LogP contribution in [0.4, 0.5) is 5.82 Å². The van der Waals surface area contributed by atoms with Gasteiger partial charge in [-0.15, -0.1) is 0 Å². The molecular weight excluding hydrogens is 214 g/mol. The maximum atomic E-state index is 11.4. The number of nitrogens with zero attached hydrogens (tertiary/aromatic N) is 1. The summed E-state index contributed by atoms with van der Waals surface area (Å²) in [5, 5.41) is 16.9. The van der Waals surface area contributed by atoms with E-state index in [0.717, 1.165) is 0 Å². The van der Waals surface area contributed by atoms with Crippen molar-refractivity contribution in [2.24, 2.45) is 0 Å². The Hall–Kier alpha value is -2.57. The van der Waals surface area contributed by atoms with Crippen LogP contribution < -0.4 is 5.32 Å².